The van der Waals surface area contributed by atoms with Crippen molar-refractivity contribution < 1.29 is 13.9 Å². The number of nitrogens with two attached hydrogens (primary N) is 1. The molecule has 2 nitrogen and oxygen atoms in total. The fraction of sp³-hybridized carbons (Fsp3) is 0.250. The molecule has 0 aliphatic heterocycles. The van der Waals surface area contributed by atoms with E-state index >= 15 is 0 Å². The Bertz CT molecular complexity index is 309. The van der Waals surface area contributed by atoms with Gasteiger partial charge in [0.2, 0.25) is 0 Å². The van der Waals surface area contributed by atoms with Crippen molar-refractivity contribution in [1.82, 2.24) is 0 Å². The molecule has 1 aromatic rings. The smallest absolute Gasteiger partial charge is 0.257 e. The van der Waals surface area contributed by atoms with Gasteiger partial charge in [0.15, 0.2) is 0 Å². The van der Waals surface area contributed by atoms with Crippen LogP contribution in [-0.4, -0.2) is 11.5 Å². The molecule has 0 saturated heterocycles. The first-order valence-electron chi connectivity index (χ1n) is 3.54. The monoisotopic (exact) mass is 243 g/mol. The van der Waals surface area contributed by atoms with E-state index < -0.39 is 12.5 Å². The summed E-state index contributed by atoms with van der Waals surface area (Å²) in [6, 6.07) is 2.42. The van der Waals surface area contributed by atoms with E-state index in [2.05, 4.69) is 0 Å². The quantitative estimate of drug-likeness (QED) is 0.840. The molecule has 0 saturated carbocycles. The van der Waals surface area contributed by atoms with Crippen molar-refractivity contribution in [3.05, 3.63) is 28.8 Å². The maximum Gasteiger partial charge on any atom is 0.257 e. The van der Waals surface area contributed by atoms with Gasteiger partial charge in [0.05, 0.1) is 11.1 Å². The highest BCUT2D eigenvalue weighted by molar-refractivity contribution is 6.32. The molecule has 1 rings (SSSR count). The van der Waals surface area contributed by atoms with Gasteiger partial charge in [-0.05, 0) is 17.7 Å². The molecule has 6 heteroatoms. The van der Waals surface area contributed by atoms with E-state index in [1.807, 2.05) is 0 Å². The molecule has 0 fully saturated rings. The second kappa shape index (κ2) is 5.34. The van der Waals surface area contributed by atoms with Crippen LogP contribution in [0.25, 0.3) is 0 Å². The van der Waals surface area contributed by atoms with Crippen molar-refractivity contribution in [2.24, 2.45) is 5.73 Å². The molecule has 1 atom stereocenters. The van der Waals surface area contributed by atoms with Crippen LogP contribution in [0.2, 0.25) is 5.02 Å². The van der Waals surface area contributed by atoms with Gasteiger partial charge < -0.3 is 10.8 Å². The summed E-state index contributed by atoms with van der Waals surface area (Å²) in [7, 11) is 0. The van der Waals surface area contributed by atoms with Gasteiger partial charge in [0.1, 0.15) is 5.75 Å². The van der Waals surface area contributed by atoms with Gasteiger partial charge in [-0.3, -0.25) is 0 Å². The molecule has 3 N–H and O–H groups in total. The minimum absolute atomic E-state index is 0. The zero-order valence-corrected chi connectivity index (χ0v) is 8.53. The molecular weight excluding hydrogens is 235 g/mol. The number of halogens is 4. The molecule has 0 heterocycles. The van der Waals surface area contributed by atoms with E-state index in [0.717, 1.165) is 0 Å². The lowest BCUT2D eigenvalue weighted by Crippen LogP contribution is -2.18. The van der Waals surface area contributed by atoms with Crippen LogP contribution in [0.15, 0.2) is 18.2 Å². The number of hydrogen-bond donors (Lipinski definition) is 2. The number of alkyl halides is 2. The number of phenols is 1. The van der Waals surface area contributed by atoms with Crippen LogP contribution < -0.4 is 5.73 Å². The van der Waals surface area contributed by atoms with Crippen LogP contribution in [-0.2, 0) is 0 Å². The van der Waals surface area contributed by atoms with E-state index in [-0.39, 0.29) is 28.7 Å². The summed E-state index contributed by atoms with van der Waals surface area (Å²) >= 11 is 5.51. The third-order valence-corrected chi connectivity index (χ3v) is 1.93. The summed E-state index contributed by atoms with van der Waals surface area (Å²) < 4.78 is 24.2. The standard InChI is InChI=1S/C8H8ClF2NO.ClH/c9-5-3-4(1-2-6(5)13)7(12)8(10)11;/h1-3,7-8,13H,12H2;1H/t7-;/m0./s1. The lowest BCUT2D eigenvalue weighted by atomic mass is 10.1. The molecule has 0 aliphatic rings. The predicted octanol–water partition coefficient (Wildman–Crippen LogP) is 2.73. The predicted molar refractivity (Wildman–Crippen MR) is 53.3 cm³/mol. The second-order valence-electron chi connectivity index (χ2n) is 2.57. The van der Waals surface area contributed by atoms with Gasteiger partial charge in [-0.15, -0.1) is 12.4 Å². The highest BCUT2D eigenvalue weighted by atomic mass is 35.5. The first-order valence-corrected chi connectivity index (χ1v) is 3.92. The zero-order valence-electron chi connectivity index (χ0n) is 6.95. The van der Waals surface area contributed by atoms with Crippen LogP contribution in [0.1, 0.15) is 11.6 Å². The number of hydrogen-bond acceptors (Lipinski definition) is 2. The number of aromatic hydroxyl groups is 1. The second-order valence-corrected chi connectivity index (χ2v) is 2.98. The Labute approximate surface area is 91.1 Å². The van der Waals surface area contributed by atoms with Crippen LogP contribution in [0.5, 0.6) is 5.75 Å². The fourth-order valence-corrected chi connectivity index (χ4v) is 1.06. The van der Waals surface area contributed by atoms with Gasteiger partial charge in [0.25, 0.3) is 6.43 Å². The van der Waals surface area contributed by atoms with E-state index in [1.165, 1.54) is 18.2 Å². The van der Waals surface area contributed by atoms with Gasteiger partial charge in [-0.1, -0.05) is 17.7 Å². The third kappa shape index (κ3) is 2.97. The lowest BCUT2D eigenvalue weighted by molar-refractivity contribution is 0.116. The summed E-state index contributed by atoms with van der Waals surface area (Å²) in [5.74, 6) is -0.146. The molecule has 0 radical (unpaired) electrons. The molecule has 0 aromatic heterocycles. The van der Waals surface area contributed by atoms with E-state index in [1.54, 1.807) is 0 Å². The third-order valence-electron chi connectivity index (χ3n) is 1.63. The van der Waals surface area contributed by atoms with Crippen LogP contribution >= 0.6 is 24.0 Å². The topological polar surface area (TPSA) is 46.2 Å². The molecule has 0 amide bonds. The average molecular weight is 244 g/mol. The summed E-state index contributed by atoms with van der Waals surface area (Å²) in [6.07, 6.45) is -2.64. The summed E-state index contributed by atoms with van der Waals surface area (Å²) in [6.45, 7) is 0. The number of rotatable bonds is 2. The Morgan fingerprint density at radius 3 is 2.36 bits per heavy atom. The summed E-state index contributed by atoms with van der Waals surface area (Å²) in [5, 5.41) is 9.03. The van der Waals surface area contributed by atoms with Crippen molar-refractivity contribution in [2.45, 2.75) is 12.5 Å². The molecule has 0 unspecified atom stereocenters. The molecular formula is C8H9Cl2F2NO. The molecule has 0 aliphatic carbocycles. The van der Waals surface area contributed by atoms with E-state index in [4.69, 9.17) is 22.4 Å². The minimum atomic E-state index is -2.64. The Kier molecular flexibility index (Phi) is 5.12. The highest BCUT2D eigenvalue weighted by Gasteiger charge is 2.17. The zero-order chi connectivity index (χ0) is 10.0. The highest BCUT2D eigenvalue weighted by Crippen LogP contribution is 2.27. The largest absolute Gasteiger partial charge is 0.506 e. The molecule has 80 valence electrons. The van der Waals surface area contributed by atoms with Crippen molar-refractivity contribution in [3.63, 3.8) is 0 Å². The maximum absolute atomic E-state index is 12.1. The Morgan fingerprint density at radius 1 is 1.36 bits per heavy atom. The van der Waals surface area contributed by atoms with E-state index in [9.17, 15) is 8.78 Å². The Hall–Kier alpha value is -0.580. The average Bonchev–Trinajstić information content (AvgIpc) is 2.08. The van der Waals surface area contributed by atoms with Crippen LogP contribution in [0.4, 0.5) is 8.78 Å². The molecule has 14 heavy (non-hydrogen) atoms. The fourth-order valence-electron chi connectivity index (χ4n) is 0.876. The van der Waals surface area contributed by atoms with Crippen molar-refractivity contribution in [2.75, 3.05) is 0 Å². The SMILES string of the molecule is Cl.N[C@@H](c1ccc(O)c(Cl)c1)C(F)F. The van der Waals surface area contributed by atoms with Gasteiger partial charge in [0, 0.05) is 0 Å². The van der Waals surface area contributed by atoms with Crippen LogP contribution in [0.3, 0.4) is 0 Å². The maximum atomic E-state index is 12.1. The van der Waals surface area contributed by atoms with Gasteiger partial charge in [-0.2, -0.15) is 0 Å². The van der Waals surface area contributed by atoms with Crippen molar-refractivity contribution >= 4 is 24.0 Å². The van der Waals surface area contributed by atoms with Gasteiger partial charge >= 0.3 is 0 Å². The van der Waals surface area contributed by atoms with Gasteiger partial charge in [-0.25, -0.2) is 8.78 Å². The molecule has 0 bridgehead atoms. The summed E-state index contributed by atoms with van der Waals surface area (Å²) in [4.78, 5) is 0. The first-order chi connectivity index (χ1) is 6.02. The van der Waals surface area contributed by atoms with Crippen LogP contribution in [0, 0.1) is 0 Å². The normalized spacial score (nSPS) is 12.4. The Morgan fingerprint density at radius 2 is 1.93 bits per heavy atom. The molecule has 1 aromatic carbocycles. The van der Waals surface area contributed by atoms with Crippen molar-refractivity contribution in [3.8, 4) is 5.75 Å². The van der Waals surface area contributed by atoms with E-state index in [0.29, 0.717) is 0 Å². The first kappa shape index (κ1) is 13.4. The number of phenolic OH excluding ortho intramolecular Hbond substituents is 1. The number of benzene rings is 1. The molecule has 0 spiro atoms. The minimum Gasteiger partial charge on any atom is -0.506 e. The van der Waals surface area contributed by atoms with Crippen molar-refractivity contribution in [1.29, 1.82) is 0 Å². The Balaban J connectivity index is 0.00000169. The lowest BCUT2D eigenvalue weighted by Gasteiger charge is -2.10. The summed E-state index contributed by atoms with van der Waals surface area (Å²) in [5.41, 5.74) is 5.37.